The molecule has 1 heterocycles. The second-order valence-corrected chi connectivity index (χ2v) is 10.5. The van der Waals surface area contributed by atoms with E-state index in [0.29, 0.717) is 6.54 Å². The lowest BCUT2D eigenvalue weighted by Crippen LogP contribution is -2.43. The predicted octanol–water partition coefficient (Wildman–Crippen LogP) is 4.27. The Kier molecular flexibility index (Phi) is 6.50. The Labute approximate surface area is 185 Å². The molecular weight excluding hydrogens is 435 g/mol. The molecule has 0 saturated heterocycles. The standard InChI is InChI=1S/C23H23FN2O3S2/c24-19-10-8-18(9-11-19)15-25(16-21-5-4-14-30-21)23(27)17-26(20-12-13-20)31(28,29)22-6-2-1-3-7-22/h1-11,14,20H,12-13,15-17H2. The first kappa shape index (κ1) is 21.7. The lowest BCUT2D eigenvalue weighted by atomic mass is 10.2. The van der Waals surface area contributed by atoms with Crippen molar-refractivity contribution in [3.05, 3.63) is 88.4 Å². The fraction of sp³-hybridized carbons (Fsp3) is 0.261. The average molecular weight is 459 g/mol. The van der Waals surface area contributed by atoms with Crippen LogP contribution in [0.5, 0.6) is 0 Å². The van der Waals surface area contributed by atoms with Gasteiger partial charge in [0.05, 0.1) is 18.0 Å². The van der Waals surface area contributed by atoms with Crippen molar-refractivity contribution < 1.29 is 17.6 Å². The molecule has 0 unspecified atom stereocenters. The molecule has 1 amide bonds. The lowest BCUT2D eigenvalue weighted by Gasteiger charge is -2.27. The normalized spacial score (nSPS) is 14.0. The number of amides is 1. The molecular formula is C23H23FN2O3S2. The molecule has 4 rings (SSSR count). The number of benzene rings is 2. The lowest BCUT2D eigenvalue weighted by molar-refractivity contribution is -0.132. The Morgan fingerprint density at radius 1 is 0.968 bits per heavy atom. The summed E-state index contributed by atoms with van der Waals surface area (Å²) in [5.74, 6) is -0.613. The zero-order valence-corrected chi connectivity index (χ0v) is 18.5. The summed E-state index contributed by atoms with van der Waals surface area (Å²) in [4.78, 5) is 16.1. The second kappa shape index (κ2) is 9.30. The average Bonchev–Trinajstić information content (AvgIpc) is 3.48. The summed E-state index contributed by atoms with van der Waals surface area (Å²) in [5.41, 5.74) is 0.787. The molecule has 1 fully saturated rings. The van der Waals surface area contributed by atoms with E-state index < -0.39 is 10.0 Å². The van der Waals surface area contributed by atoms with E-state index in [4.69, 9.17) is 0 Å². The highest BCUT2D eigenvalue weighted by Gasteiger charge is 2.40. The molecule has 0 atom stereocenters. The third-order valence-corrected chi connectivity index (χ3v) is 7.93. The van der Waals surface area contributed by atoms with E-state index in [1.54, 1.807) is 47.4 Å². The van der Waals surface area contributed by atoms with E-state index in [9.17, 15) is 17.6 Å². The molecule has 1 aliphatic carbocycles. The van der Waals surface area contributed by atoms with Crippen molar-refractivity contribution in [2.45, 2.75) is 36.9 Å². The Morgan fingerprint density at radius 3 is 2.29 bits per heavy atom. The summed E-state index contributed by atoms with van der Waals surface area (Å²) >= 11 is 1.54. The molecule has 31 heavy (non-hydrogen) atoms. The summed E-state index contributed by atoms with van der Waals surface area (Å²) in [7, 11) is -3.77. The van der Waals surface area contributed by atoms with Gasteiger partial charge in [-0.25, -0.2) is 12.8 Å². The van der Waals surface area contributed by atoms with Crippen molar-refractivity contribution >= 4 is 27.3 Å². The van der Waals surface area contributed by atoms with Crippen LogP contribution in [0.2, 0.25) is 0 Å². The van der Waals surface area contributed by atoms with Crippen molar-refractivity contribution in [1.29, 1.82) is 0 Å². The Morgan fingerprint density at radius 2 is 1.68 bits per heavy atom. The fourth-order valence-corrected chi connectivity index (χ4v) is 5.74. The summed E-state index contributed by atoms with van der Waals surface area (Å²) in [6, 6.07) is 17.9. The van der Waals surface area contributed by atoms with Crippen molar-refractivity contribution in [1.82, 2.24) is 9.21 Å². The third kappa shape index (κ3) is 5.39. The van der Waals surface area contributed by atoms with E-state index in [1.165, 1.54) is 27.8 Å². The Bertz CT molecular complexity index is 1110. The SMILES string of the molecule is O=C(CN(C1CC1)S(=O)(=O)c1ccccc1)N(Cc1ccc(F)cc1)Cc1cccs1. The van der Waals surface area contributed by atoms with Crippen LogP contribution in [-0.2, 0) is 27.9 Å². The van der Waals surface area contributed by atoms with Crippen LogP contribution in [0.25, 0.3) is 0 Å². The molecule has 0 radical (unpaired) electrons. The molecule has 0 N–H and O–H groups in total. The molecule has 0 bridgehead atoms. The van der Waals surface area contributed by atoms with Gasteiger partial charge in [-0.2, -0.15) is 4.31 Å². The van der Waals surface area contributed by atoms with Gasteiger partial charge in [0.25, 0.3) is 0 Å². The molecule has 3 aromatic rings. The predicted molar refractivity (Wildman–Crippen MR) is 118 cm³/mol. The van der Waals surface area contributed by atoms with E-state index in [-0.39, 0.29) is 35.8 Å². The highest BCUT2D eigenvalue weighted by atomic mass is 32.2. The van der Waals surface area contributed by atoms with Gasteiger partial charge in [0.2, 0.25) is 15.9 Å². The second-order valence-electron chi connectivity index (χ2n) is 7.55. The van der Waals surface area contributed by atoms with Crippen LogP contribution < -0.4 is 0 Å². The van der Waals surface area contributed by atoms with Gasteiger partial charge in [0.1, 0.15) is 5.82 Å². The van der Waals surface area contributed by atoms with E-state index in [2.05, 4.69) is 0 Å². The highest BCUT2D eigenvalue weighted by Crippen LogP contribution is 2.32. The van der Waals surface area contributed by atoms with Gasteiger partial charge in [0.15, 0.2) is 0 Å². The molecule has 1 aliphatic rings. The van der Waals surface area contributed by atoms with Gasteiger partial charge < -0.3 is 4.90 Å². The molecule has 2 aromatic carbocycles. The van der Waals surface area contributed by atoms with Gasteiger partial charge in [0, 0.05) is 17.5 Å². The zero-order valence-electron chi connectivity index (χ0n) is 16.9. The van der Waals surface area contributed by atoms with Gasteiger partial charge in [-0.1, -0.05) is 36.4 Å². The summed E-state index contributed by atoms with van der Waals surface area (Å²) in [5, 5.41) is 1.94. The molecule has 8 heteroatoms. The monoisotopic (exact) mass is 458 g/mol. The molecule has 162 valence electrons. The molecule has 1 aromatic heterocycles. The molecule has 0 spiro atoms. The highest BCUT2D eigenvalue weighted by molar-refractivity contribution is 7.89. The van der Waals surface area contributed by atoms with E-state index in [1.807, 2.05) is 17.5 Å². The molecule has 5 nitrogen and oxygen atoms in total. The zero-order chi connectivity index (χ0) is 21.8. The minimum atomic E-state index is -3.77. The first-order valence-electron chi connectivity index (χ1n) is 10.0. The van der Waals surface area contributed by atoms with E-state index >= 15 is 0 Å². The summed E-state index contributed by atoms with van der Waals surface area (Å²) < 4.78 is 41.0. The number of sulfonamides is 1. The number of thiophene rings is 1. The molecule has 0 aliphatic heterocycles. The van der Waals surface area contributed by atoms with Crippen LogP contribution in [0.4, 0.5) is 4.39 Å². The molecule has 1 saturated carbocycles. The van der Waals surface area contributed by atoms with Gasteiger partial charge >= 0.3 is 0 Å². The number of carbonyl (C=O) groups is 1. The maximum atomic E-state index is 13.3. The maximum absolute atomic E-state index is 13.3. The summed E-state index contributed by atoms with van der Waals surface area (Å²) in [6.07, 6.45) is 1.50. The van der Waals surface area contributed by atoms with Gasteiger partial charge in [-0.3, -0.25) is 4.79 Å². The van der Waals surface area contributed by atoms with E-state index in [0.717, 1.165) is 23.3 Å². The largest absolute Gasteiger partial charge is 0.332 e. The topological polar surface area (TPSA) is 57.7 Å². The quantitative estimate of drug-likeness (QED) is 0.481. The minimum Gasteiger partial charge on any atom is -0.332 e. The first-order chi connectivity index (χ1) is 14.9. The maximum Gasteiger partial charge on any atom is 0.243 e. The number of carbonyl (C=O) groups excluding carboxylic acids is 1. The van der Waals surface area contributed by atoms with Gasteiger partial charge in [-0.15, -0.1) is 11.3 Å². The third-order valence-electron chi connectivity index (χ3n) is 5.16. The summed E-state index contributed by atoms with van der Waals surface area (Å²) in [6.45, 7) is 0.438. The van der Waals surface area contributed by atoms with Crippen LogP contribution in [0, 0.1) is 5.82 Å². The smallest absolute Gasteiger partial charge is 0.243 e. The van der Waals surface area contributed by atoms with Crippen LogP contribution in [0.3, 0.4) is 0 Å². The van der Waals surface area contributed by atoms with Gasteiger partial charge in [-0.05, 0) is 54.1 Å². The fourth-order valence-electron chi connectivity index (χ4n) is 3.37. The van der Waals surface area contributed by atoms with Crippen LogP contribution in [0.15, 0.2) is 77.0 Å². The van der Waals surface area contributed by atoms with Crippen molar-refractivity contribution in [3.63, 3.8) is 0 Å². The number of halogens is 1. The number of rotatable bonds is 9. The number of hydrogen-bond donors (Lipinski definition) is 0. The van der Waals surface area contributed by atoms with Crippen molar-refractivity contribution in [2.75, 3.05) is 6.54 Å². The minimum absolute atomic E-state index is 0.149. The van der Waals surface area contributed by atoms with Crippen LogP contribution >= 0.6 is 11.3 Å². The number of hydrogen-bond acceptors (Lipinski definition) is 4. The Hall–Kier alpha value is -2.55. The number of nitrogens with zero attached hydrogens (tertiary/aromatic N) is 2. The van der Waals surface area contributed by atoms with Crippen LogP contribution in [0.1, 0.15) is 23.3 Å². The Balaban J connectivity index is 1.56. The van der Waals surface area contributed by atoms with Crippen LogP contribution in [-0.4, -0.2) is 36.1 Å². The van der Waals surface area contributed by atoms with Crippen molar-refractivity contribution in [2.24, 2.45) is 0 Å². The first-order valence-corrected chi connectivity index (χ1v) is 12.4. The van der Waals surface area contributed by atoms with Crippen molar-refractivity contribution in [3.8, 4) is 0 Å².